The number of halogens is 1. The van der Waals surface area contributed by atoms with Crippen molar-refractivity contribution in [1.82, 2.24) is 10.2 Å². The van der Waals surface area contributed by atoms with Crippen molar-refractivity contribution in [3.63, 3.8) is 0 Å². The van der Waals surface area contributed by atoms with Crippen molar-refractivity contribution in [2.75, 3.05) is 19.6 Å². The summed E-state index contributed by atoms with van der Waals surface area (Å²) >= 11 is 0. The van der Waals surface area contributed by atoms with Crippen molar-refractivity contribution < 1.29 is 0 Å². The van der Waals surface area contributed by atoms with E-state index >= 15 is 0 Å². The summed E-state index contributed by atoms with van der Waals surface area (Å²) in [5, 5.41) is 3.26. The van der Waals surface area contributed by atoms with Gasteiger partial charge in [-0.1, -0.05) is 43.5 Å². The minimum absolute atomic E-state index is 0. The first kappa shape index (κ1) is 20.5. The lowest BCUT2D eigenvalue weighted by molar-refractivity contribution is 0.277. The van der Waals surface area contributed by atoms with Crippen LogP contribution >= 0.6 is 24.0 Å². The molecular formula is C20H33IN4. The Morgan fingerprint density at radius 2 is 1.80 bits per heavy atom. The van der Waals surface area contributed by atoms with Crippen LogP contribution in [0, 0.1) is 5.92 Å². The van der Waals surface area contributed by atoms with E-state index in [0.717, 1.165) is 19.0 Å². The molecule has 1 heterocycles. The molecule has 2 fully saturated rings. The van der Waals surface area contributed by atoms with Gasteiger partial charge in [0.25, 0.3) is 0 Å². The van der Waals surface area contributed by atoms with E-state index in [1.807, 2.05) is 0 Å². The highest BCUT2D eigenvalue weighted by Gasteiger charge is 2.16. The molecule has 1 aliphatic carbocycles. The molecule has 2 aliphatic rings. The summed E-state index contributed by atoms with van der Waals surface area (Å²) in [6, 6.07) is 8.81. The maximum atomic E-state index is 5.98. The van der Waals surface area contributed by atoms with Gasteiger partial charge in [0.05, 0.1) is 6.54 Å². The minimum Gasteiger partial charge on any atom is -0.370 e. The standard InChI is InChI=1S/C20H32N4.HI/c21-20(22-14-17-7-5-8-17)23-15-18-9-6-10-19(13-18)16-24-11-3-1-2-4-12-24;/h6,9-10,13,17H,1-5,7-8,11-12,14-16H2,(H3,21,22,23);1H. The van der Waals surface area contributed by atoms with Gasteiger partial charge in [0.2, 0.25) is 0 Å². The first-order valence-electron chi connectivity index (χ1n) is 9.63. The zero-order chi connectivity index (χ0) is 16.6. The van der Waals surface area contributed by atoms with E-state index in [1.165, 1.54) is 69.2 Å². The Balaban J connectivity index is 0.00000225. The van der Waals surface area contributed by atoms with Gasteiger partial charge in [0.15, 0.2) is 5.96 Å². The van der Waals surface area contributed by atoms with E-state index in [-0.39, 0.29) is 24.0 Å². The average Bonchev–Trinajstić information content (AvgIpc) is 2.80. The van der Waals surface area contributed by atoms with Gasteiger partial charge in [0, 0.05) is 13.1 Å². The maximum absolute atomic E-state index is 5.98. The predicted octanol–water partition coefficient (Wildman–Crippen LogP) is 3.89. The summed E-state index contributed by atoms with van der Waals surface area (Å²) in [4.78, 5) is 7.08. The summed E-state index contributed by atoms with van der Waals surface area (Å²) in [5.74, 6) is 1.38. The molecule has 5 heteroatoms. The van der Waals surface area contributed by atoms with Crippen LogP contribution < -0.4 is 11.1 Å². The van der Waals surface area contributed by atoms with E-state index in [2.05, 4.69) is 39.5 Å². The van der Waals surface area contributed by atoms with Gasteiger partial charge in [-0.15, -0.1) is 24.0 Å². The van der Waals surface area contributed by atoms with E-state index in [1.54, 1.807) is 0 Å². The van der Waals surface area contributed by atoms with Gasteiger partial charge in [-0.25, -0.2) is 4.99 Å². The molecule has 0 radical (unpaired) electrons. The monoisotopic (exact) mass is 456 g/mol. The fourth-order valence-corrected chi connectivity index (χ4v) is 3.56. The molecule has 1 aromatic rings. The SMILES string of the molecule is I.NC(=NCc1cccc(CN2CCCCCC2)c1)NCC1CCC1. The number of nitrogens with zero attached hydrogens (tertiary/aromatic N) is 2. The summed E-state index contributed by atoms with van der Waals surface area (Å²) < 4.78 is 0. The van der Waals surface area contributed by atoms with Gasteiger partial charge in [-0.2, -0.15) is 0 Å². The molecule has 0 unspecified atom stereocenters. The van der Waals surface area contributed by atoms with Crippen LogP contribution in [0.2, 0.25) is 0 Å². The van der Waals surface area contributed by atoms with Gasteiger partial charge in [0.1, 0.15) is 0 Å². The van der Waals surface area contributed by atoms with Crippen molar-refractivity contribution in [2.24, 2.45) is 16.6 Å². The Bertz CT molecular complexity index is 534. The van der Waals surface area contributed by atoms with Crippen LogP contribution in [0.4, 0.5) is 0 Å². The summed E-state index contributed by atoms with van der Waals surface area (Å²) in [6.07, 6.45) is 9.49. The minimum atomic E-state index is 0. The number of aliphatic imine (C=N–C) groups is 1. The van der Waals surface area contributed by atoms with Crippen LogP contribution in [0.15, 0.2) is 29.3 Å². The van der Waals surface area contributed by atoms with Crippen LogP contribution in [0.25, 0.3) is 0 Å². The lowest BCUT2D eigenvalue weighted by atomic mass is 9.85. The zero-order valence-corrected chi connectivity index (χ0v) is 17.6. The van der Waals surface area contributed by atoms with E-state index in [0.29, 0.717) is 12.5 Å². The molecule has 1 saturated carbocycles. The van der Waals surface area contributed by atoms with Gasteiger partial charge < -0.3 is 11.1 Å². The Kier molecular flexibility index (Phi) is 9.03. The highest BCUT2D eigenvalue weighted by molar-refractivity contribution is 14.0. The number of nitrogens with one attached hydrogen (secondary N) is 1. The van der Waals surface area contributed by atoms with Crippen molar-refractivity contribution in [3.8, 4) is 0 Å². The normalized spacial score (nSPS) is 19.6. The number of hydrogen-bond acceptors (Lipinski definition) is 2. The Labute approximate surface area is 169 Å². The van der Waals surface area contributed by atoms with Crippen molar-refractivity contribution in [1.29, 1.82) is 0 Å². The molecule has 1 aromatic carbocycles. The molecule has 1 aliphatic heterocycles. The van der Waals surface area contributed by atoms with E-state index < -0.39 is 0 Å². The highest BCUT2D eigenvalue weighted by atomic mass is 127. The van der Waals surface area contributed by atoms with Crippen molar-refractivity contribution >= 4 is 29.9 Å². The maximum Gasteiger partial charge on any atom is 0.188 e. The molecular weight excluding hydrogens is 423 g/mol. The summed E-state index contributed by atoms with van der Waals surface area (Å²) in [7, 11) is 0. The van der Waals surface area contributed by atoms with Crippen LogP contribution in [0.3, 0.4) is 0 Å². The van der Waals surface area contributed by atoms with Crippen LogP contribution in [0.5, 0.6) is 0 Å². The number of hydrogen-bond donors (Lipinski definition) is 2. The first-order valence-corrected chi connectivity index (χ1v) is 9.63. The molecule has 0 spiro atoms. The lowest BCUT2D eigenvalue weighted by Crippen LogP contribution is -2.37. The molecule has 1 saturated heterocycles. The molecule has 0 aromatic heterocycles. The van der Waals surface area contributed by atoms with Crippen molar-refractivity contribution in [2.45, 2.75) is 58.0 Å². The average molecular weight is 456 g/mol. The predicted molar refractivity (Wildman–Crippen MR) is 116 cm³/mol. The van der Waals surface area contributed by atoms with Gasteiger partial charge >= 0.3 is 0 Å². The number of guanidine groups is 1. The lowest BCUT2D eigenvalue weighted by Gasteiger charge is -2.25. The third-order valence-corrected chi connectivity index (χ3v) is 5.32. The molecule has 4 nitrogen and oxygen atoms in total. The molecule has 3 rings (SSSR count). The van der Waals surface area contributed by atoms with Crippen molar-refractivity contribution in [3.05, 3.63) is 35.4 Å². The van der Waals surface area contributed by atoms with E-state index in [9.17, 15) is 0 Å². The smallest absolute Gasteiger partial charge is 0.188 e. The Hall–Kier alpha value is -0.820. The molecule has 0 atom stereocenters. The number of nitrogens with two attached hydrogens (primary N) is 1. The second-order valence-electron chi connectivity index (χ2n) is 7.39. The molecule has 25 heavy (non-hydrogen) atoms. The zero-order valence-electron chi connectivity index (χ0n) is 15.3. The fourth-order valence-electron chi connectivity index (χ4n) is 3.56. The van der Waals surface area contributed by atoms with Crippen LogP contribution in [0.1, 0.15) is 56.1 Å². The number of benzene rings is 1. The third kappa shape index (κ3) is 7.13. The third-order valence-electron chi connectivity index (χ3n) is 5.32. The van der Waals surface area contributed by atoms with Gasteiger partial charge in [-0.05, 0) is 55.8 Å². The fraction of sp³-hybridized carbons (Fsp3) is 0.650. The van der Waals surface area contributed by atoms with E-state index in [4.69, 9.17) is 5.73 Å². The molecule has 0 bridgehead atoms. The Morgan fingerprint density at radius 3 is 2.48 bits per heavy atom. The first-order chi connectivity index (χ1) is 11.8. The molecule has 0 amide bonds. The highest BCUT2D eigenvalue weighted by Crippen LogP contribution is 2.25. The molecule has 3 N–H and O–H groups in total. The number of rotatable bonds is 6. The Morgan fingerprint density at radius 1 is 1.08 bits per heavy atom. The quantitative estimate of drug-likeness (QED) is 0.388. The largest absolute Gasteiger partial charge is 0.370 e. The summed E-state index contributed by atoms with van der Waals surface area (Å²) in [5.41, 5.74) is 8.62. The number of likely N-dealkylation sites (tertiary alicyclic amines) is 1. The second kappa shape index (κ2) is 11.0. The van der Waals surface area contributed by atoms with Crippen LogP contribution in [-0.4, -0.2) is 30.5 Å². The second-order valence-corrected chi connectivity index (χ2v) is 7.39. The van der Waals surface area contributed by atoms with Gasteiger partial charge in [-0.3, -0.25) is 4.90 Å². The molecule has 140 valence electrons. The summed E-state index contributed by atoms with van der Waals surface area (Å²) in [6.45, 7) is 5.18. The topological polar surface area (TPSA) is 53.6 Å². The van der Waals surface area contributed by atoms with Crippen LogP contribution in [-0.2, 0) is 13.1 Å².